The van der Waals surface area contributed by atoms with Crippen molar-refractivity contribution in [1.82, 2.24) is 10.4 Å². The normalized spacial score (nSPS) is 13.6. The molecular weight excluding hydrogens is 413 g/mol. The predicted molar refractivity (Wildman–Crippen MR) is 121 cm³/mol. The number of amides is 1. The van der Waals surface area contributed by atoms with Crippen molar-refractivity contribution in [3.8, 4) is 5.75 Å². The summed E-state index contributed by atoms with van der Waals surface area (Å²) in [5.41, 5.74) is 5.70. The highest BCUT2D eigenvalue weighted by molar-refractivity contribution is 6.13. The van der Waals surface area contributed by atoms with Crippen LogP contribution in [-0.4, -0.2) is 41.8 Å². The number of carbonyl (C=O) groups is 1. The van der Waals surface area contributed by atoms with Crippen LogP contribution in [0.3, 0.4) is 0 Å². The molecule has 2 aromatic carbocycles. The second kappa shape index (κ2) is 9.78. The lowest BCUT2D eigenvalue weighted by Crippen LogP contribution is -2.34. The maximum absolute atomic E-state index is 13.7. The summed E-state index contributed by atoms with van der Waals surface area (Å²) in [4.78, 5) is 22.3. The number of hydrogen-bond acceptors (Lipinski definition) is 7. The van der Waals surface area contributed by atoms with Gasteiger partial charge in [-0.1, -0.05) is 18.9 Å². The molecule has 8 nitrogen and oxygen atoms in total. The SMILES string of the molecule is COc1cc2c(cc1NCCCCCCC(=O)NO)C1=Nc3cc(F)ccc3CN1C=N2. The van der Waals surface area contributed by atoms with Crippen LogP contribution in [0.15, 0.2) is 40.3 Å². The van der Waals surface area contributed by atoms with E-state index < -0.39 is 0 Å². The number of hydroxylamine groups is 1. The molecule has 3 N–H and O–H groups in total. The van der Waals surface area contributed by atoms with Crippen LogP contribution in [0.1, 0.15) is 43.2 Å². The Bertz CT molecular complexity index is 1070. The van der Waals surface area contributed by atoms with Crippen LogP contribution in [0, 0.1) is 5.82 Å². The van der Waals surface area contributed by atoms with Crippen LogP contribution in [0.2, 0.25) is 0 Å². The molecule has 4 rings (SSSR count). The standard InChI is InChI=1S/C23H26FN5O3/c1-32-21-12-19-17(11-20(21)25-9-5-3-2-4-6-22(30)28-31)23-27-18-10-16(24)8-7-15(18)13-29(23)14-26-19/h7-8,10-12,14,25,31H,2-6,9,13H2,1H3,(H,28,30). The third-order valence-corrected chi connectivity index (χ3v) is 5.55. The summed E-state index contributed by atoms with van der Waals surface area (Å²) in [6, 6.07) is 8.52. The number of fused-ring (bicyclic) bond motifs is 4. The molecule has 0 aromatic heterocycles. The number of anilines is 1. The monoisotopic (exact) mass is 439 g/mol. The Morgan fingerprint density at radius 2 is 2.03 bits per heavy atom. The van der Waals surface area contributed by atoms with E-state index in [0.29, 0.717) is 24.4 Å². The molecule has 0 unspecified atom stereocenters. The Hall–Kier alpha value is -3.46. The van der Waals surface area contributed by atoms with Gasteiger partial charge < -0.3 is 15.0 Å². The van der Waals surface area contributed by atoms with Gasteiger partial charge in [0.1, 0.15) is 17.4 Å². The number of aliphatic imine (C=N–C) groups is 2. The third-order valence-electron chi connectivity index (χ3n) is 5.55. The number of nitrogens with zero attached hydrogens (tertiary/aromatic N) is 3. The number of unbranched alkanes of at least 4 members (excludes halogenated alkanes) is 3. The van der Waals surface area contributed by atoms with E-state index in [4.69, 9.17) is 14.9 Å². The fourth-order valence-corrected chi connectivity index (χ4v) is 3.86. The van der Waals surface area contributed by atoms with Gasteiger partial charge in [-0.3, -0.25) is 10.0 Å². The van der Waals surface area contributed by atoms with E-state index in [1.54, 1.807) is 25.0 Å². The van der Waals surface area contributed by atoms with Gasteiger partial charge in [0.25, 0.3) is 0 Å². The molecular formula is C23H26FN5O3. The zero-order valence-corrected chi connectivity index (χ0v) is 17.9. The van der Waals surface area contributed by atoms with Gasteiger partial charge >= 0.3 is 0 Å². The Balaban J connectivity index is 1.46. The van der Waals surface area contributed by atoms with Crippen LogP contribution >= 0.6 is 0 Å². The predicted octanol–water partition coefficient (Wildman–Crippen LogP) is 4.27. The van der Waals surface area contributed by atoms with Gasteiger partial charge in [-0.15, -0.1) is 0 Å². The maximum Gasteiger partial charge on any atom is 0.243 e. The topological polar surface area (TPSA) is 98.5 Å². The Morgan fingerprint density at radius 3 is 2.84 bits per heavy atom. The number of hydrogen-bond donors (Lipinski definition) is 3. The van der Waals surface area contributed by atoms with E-state index in [0.717, 1.165) is 60.6 Å². The fourth-order valence-electron chi connectivity index (χ4n) is 3.86. The highest BCUT2D eigenvalue weighted by atomic mass is 19.1. The Labute approximate surface area is 185 Å². The number of rotatable bonds is 9. The van der Waals surface area contributed by atoms with Crippen molar-refractivity contribution < 1.29 is 19.1 Å². The summed E-state index contributed by atoms with van der Waals surface area (Å²) >= 11 is 0. The van der Waals surface area contributed by atoms with E-state index in [1.165, 1.54) is 12.1 Å². The van der Waals surface area contributed by atoms with Gasteiger partial charge in [0.2, 0.25) is 5.91 Å². The number of halogens is 1. The smallest absolute Gasteiger partial charge is 0.243 e. The second-order valence-electron chi connectivity index (χ2n) is 7.78. The van der Waals surface area contributed by atoms with E-state index >= 15 is 0 Å². The molecule has 0 radical (unpaired) electrons. The van der Waals surface area contributed by atoms with Crippen molar-refractivity contribution in [1.29, 1.82) is 0 Å². The number of carbonyl (C=O) groups excluding carboxylic acids is 1. The minimum absolute atomic E-state index is 0.305. The largest absolute Gasteiger partial charge is 0.495 e. The van der Waals surface area contributed by atoms with Crippen LogP contribution < -0.4 is 15.5 Å². The molecule has 2 aliphatic heterocycles. The number of methoxy groups -OCH3 is 1. The average molecular weight is 439 g/mol. The lowest BCUT2D eigenvalue weighted by Gasteiger charge is -2.30. The molecule has 0 saturated heterocycles. The Kier molecular flexibility index (Phi) is 6.65. The molecule has 0 fully saturated rings. The van der Waals surface area contributed by atoms with Gasteiger partial charge in [-0.05, 0) is 36.6 Å². The van der Waals surface area contributed by atoms with Crippen molar-refractivity contribution in [2.45, 2.75) is 38.6 Å². The van der Waals surface area contributed by atoms with E-state index in [-0.39, 0.29) is 11.7 Å². The molecule has 168 valence electrons. The summed E-state index contributed by atoms with van der Waals surface area (Å²) < 4.78 is 19.3. The van der Waals surface area contributed by atoms with Gasteiger partial charge in [-0.2, -0.15) is 0 Å². The van der Waals surface area contributed by atoms with Gasteiger partial charge in [0.05, 0.1) is 37.1 Å². The zero-order chi connectivity index (χ0) is 22.5. The number of benzene rings is 2. The number of ether oxygens (including phenoxy) is 1. The van der Waals surface area contributed by atoms with E-state index in [2.05, 4.69) is 10.3 Å². The molecule has 2 aromatic rings. The summed E-state index contributed by atoms with van der Waals surface area (Å²) in [6.07, 6.45) is 5.62. The highest BCUT2D eigenvalue weighted by Gasteiger charge is 2.26. The van der Waals surface area contributed by atoms with Crippen LogP contribution in [0.25, 0.3) is 0 Å². The Morgan fingerprint density at radius 1 is 1.19 bits per heavy atom. The van der Waals surface area contributed by atoms with Crippen molar-refractivity contribution in [3.05, 3.63) is 47.3 Å². The van der Waals surface area contributed by atoms with E-state index in [1.807, 2.05) is 17.0 Å². The molecule has 9 heteroatoms. The quantitative estimate of drug-likeness (QED) is 0.308. The maximum atomic E-state index is 13.7. The molecule has 0 spiro atoms. The molecule has 32 heavy (non-hydrogen) atoms. The van der Waals surface area contributed by atoms with Gasteiger partial charge in [0, 0.05) is 24.6 Å². The van der Waals surface area contributed by atoms with Gasteiger partial charge in [-0.25, -0.2) is 19.9 Å². The first-order chi connectivity index (χ1) is 15.6. The molecule has 0 bridgehead atoms. The zero-order valence-electron chi connectivity index (χ0n) is 17.9. The molecule has 0 aliphatic carbocycles. The van der Waals surface area contributed by atoms with Crippen molar-refractivity contribution >= 4 is 35.1 Å². The van der Waals surface area contributed by atoms with E-state index in [9.17, 15) is 9.18 Å². The third kappa shape index (κ3) is 4.72. The van der Waals surface area contributed by atoms with Gasteiger partial charge in [0.15, 0.2) is 0 Å². The number of nitrogens with one attached hydrogen (secondary N) is 2. The van der Waals surface area contributed by atoms with Crippen LogP contribution in [-0.2, 0) is 11.3 Å². The average Bonchev–Trinajstić information content (AvgIpc) is 2.81. The summed E-state index contributed by atoms with van der Waals surface area (Å²) in [7, 11) is 1.62. The summed E-state index contributed by atoms with van der Waals surface area (Å²) in [5, 5.41) is 11.9. The van der Waals surface area contributed by atoms with Crippen molar-refractivity contribution in [2.24, 2.45) is 9.98 Å². The van der Waals surface area contributed by atoms with Crippen molar-refractivity contribution in [3.63, 3.8) is 0 Å². The highest BCUT2D eigenvalue weighted by Crippen LogP contribution is 2.38. The second-order valence-corrected chi connectivity index (χ2v) is 7.78. The summed E-state index contributed by atoms with van der Waals surface area (Å²) in [5.74, 6) is 0.771. The first kappa shape index (κ1) is 21.8. The molecule has 1 amide bonds. The molecule has 0 saturated carbocycles. The summed E-state index contributed by atoms with van der Waals surface area (Å²) in [6.45, 7) is 1.33. The molecule has 0 atom stereocenters. The minimum atomic E-state index is -0.352. The first-order valence-corrected chi connectivity index (χ1v) is 10.7. The van der Waals surface area contributed by atoms with Crippen LogP contribution in [0.5, 0.6) is 5.75 Å². The van der Waals surface area contributed by atoms with Crippen molar-refractivity contribution in [2.75, 3.05) is 19.0 Å². The molecule has 2 heterocycles. The molecule has 2 aliphatic rings. The lowest BCUT2D eigenvalue weighted by molar-refractivity contribution is -0.129. The fraction of sp³-hybridized carbons (Fsp3) is 0.348. The van der Waals surface area contributed by atoms with Crippen LogP contribution in [0.4, 0.5) is 21.5 Å². The minimum Gasteiger partial charge on any atom is -0.495 e. The lowest BCUT2D eigenvalue weighted by atomic mass is 10.0. The first-order valence-electron chi connectivity index (χ1n) is 10.7. The number of amidine groups is 1.